The van der Waals surface area contributed by atoms with Gasteiger partial charge in [-0.05, 0) is 67.8 Å². The molecule has 2 nitrogen and oxygen atoms in total. The lowest BCUT2D eigenvalue weighted by Crippen LogP contribution is -2.24. The first-order valence-electron chi connectivity index (χ1n) is 8.51. The molecule has 2 aromatic carbocycles. The summed E-state index contributed by atoms with van der Waals surface area (Å²) in [4.78, 5) is 0. The minimum atomic E-state index is 0.657. The summed E-state index contributed by atoms with van der Waals surface area (Å²) in [5, 5.41) is 6.20. The zero-order valence-electron chi connectivity index (χ0n) is 14.4. The number of rotatable bonds is 2. The van der Waals surface area contributed by atoms with Crippen LogP contribution in [0.15, 0.2) is 36.4 Å². The standard InChI is InChI=1S/C21H20Cl2N2/c1-13-3-6-20-18(9-13)17-7-8-24-11-21(17)25(20)12-14(2)16-5-4-15(22)10-19(16)23/h3-6,9-10,12,24H,7-8,11H2,1-2H3/b14-12+. The van der Waals surface area contributed by atoms with Gasteiger partial charge < -0.3 is 9.88 Å². The van der Waals surface area contributed by atoms with Crippen LogP contribution in [-0.2, 0) is 13.0 Å². The number of allylic oxidation sites excluding steroid dienone is 1. The minimum Gasteiger partial charge on any atom is -0.318 e. The topological polar surface area (TPSA) is 17.0 Å². The highest BCUT2D eigenvalue weighted by Crippen LogP contribution is 2.32. The van der Waals surface area contributed by atoms with Gasteiger partial charge >= 0.3 is 0 Å². The van der Waals surface area contributed by atoms with E-state index >= 15 is 0 Å². The highest BCUT2D eigenvalue weighted by Gasteiger charge is 2.19. The van der Waals surface area contributed by atoms with Gasteiger partial charge in [-0.3, -0.25) is 0 Å². The van der Waals surface area contributed by atoms with Crippen molar-refractivity contribution in [3.63, 3.8) is 0 Å². The molecule has 1 aliphatic heterocycles. The number of benzene rings is 2. The summed E-state index contributed by atoms with van der Waals surface area (Å²) in [6.45, 7) is 6.17. The molecule has 4 heteroatoms. The highest BCUT2D eigenvalue weighted by molar-refractivity contribution is 6.35. The van der Waals surface area contributed by atoms with Crippen molar-refractivity contribution in [3.8, 4) is 0 Å². The van der Waals surface area contributed by atoms with E-state index in [0.717, 1.165) is 30.6 Å². The second-order valence-electron chi connectivity index (χ2n) is 6.68. The van der Waals surface area contributed by atoms with E-state index in [9.17, 15) is 0 Å². The molecule has 0 saturated carbocycles. The summed E-state index contributed by atoms with van der Waals surface area (Å²) in [6, 6.07) is 12.4. The first-order chi connectivity index (χ1) is 12.0. The molecule has 1 aromatic heterocycles. The zero-order valence-corrected chi connectivity index (χ0v) is 15.9. The number of hydrogen-bond donors (Lipinski definition) is 1. The molecule has 25 heavy (non-hydrogen) atoms. The first-order valence-corrected chi connectivity index (χ1v) is 9.27. The summed E-state index contributed by atoms with van der Waals surface area (Å²) in [6.07, 6.45) is 3.26. The SMILES string of the molecule is C/C(=C\n1c2c(c3cc(C)ccc31)CCNC2)c1ccc(Cl)cc1Cl. The number of fused-ring (bicyclic) bond motifs is 3. The predicted octanol–water partition coefficient (Wildman–Crippen LogP) is 5.92. The van der Waals surface area contributed by atoms with E-state index in [4.69, 9.17) is 23.2 Å². The smallest absolute Gasteiger partial charge is 0.0529 e. The van der Waals surface area contributed by atoms with Gasteiger partial charge in [0.2, 0.25) is 0 Å². The summed E-state index contributed by atoms with van der Waals surface area (Å²) in [5.74, 6) is 0. The maximum atomic E-state index is 6.40. The lowest BCUT2D eigenvalue weighted by atomic mass is 10.0. The van der Waals surface area contributed by atoms with Gasteiger partial charge in [0, 0.05) is 33.9 Å². The number of nitrogens with one attached hydrogen (secondary N) is 1. The Balaban J connectivity index is 1.91. The molecule has 0 radical (unpaired) electrons. The summed E-state index contributed by atoms with van der Waals surface area (Å²) in [7, 11) is 0. The molecule has 0 spiro atoms. The lowest BCUT2D eigenvalue weighted by Gasteiger charge is -2.16. The molecule has 0 atom stereocenters. The van der Waals surface area contributed by atoms with E-state index in [-0.39, 0.29) is 0 Å². The van der Waals surface area contributed by atoms with Gasteiger partial charge in [0.05, 0.1) is 5.52 Å². The van der Waals surface area contributed by atoms with Gasteiger partial charge in [0.25, 0.3) is 0 Å². The van der Waals surface area contributed by atoms with Crippen LogP contribution >= 0.6 is 23.2 Å². The Morgan fingerprint density at radius 1 is 1.16 bits per heavy atom. The van der Waals surface area contributed by atoms with Crippen molar-refractivity contribution in [2.75, 3.05) is 6.54 Å². The Labute approximate surface area is 158 Å². The molecule has 0 aliphatic carbocycles. The number of aromatic nitrogens is 1. The van der Waals surface area contributed by atoms with Crippen molar-refractivity contribution >= 4 is 45.9 Å². The fraction of sp³-hybridized carbons (Fsp3) is 0.238. The number of aryl methyl sites for hydroxylation is 1. The Bertz CT molecular complexity index is 999. The molecular weight excluding hydrogens is 351 g/mol. The van der Waals surface area contributed by atoms with Crippen LogP contribution < -0.4 is 5.32 Å². The quantitative estimate of drug-likeness (QED) is 0.592. The number of hydrogen-bond acceptors (Lipinski definition) is 1. The van der Waals surface area contributed by atoms with Crippen molar-refractivity contribution in [2.45, 2.75) is 26.8 Å². The van der Waals surface area contributed by atoms with E-state index in [0.29, 0.717) is 10.0 Å². The fourth-order valence-corrected chi connectivity index (χ4v) is 4.22. The van der Waals surface area contributed by atoms with E-state index in [1.165, 1.54) is 27.7 Å². The van der Waals surface area contributed by atoms with Crippen LogP contribution in [0.1, 0.15) is 29.3 Å². The zero-order chi connectivity index (χ0) is 17.6. The van der Waals surface area contributed by atoms with Crippen LogP contribution in [0.2, 0.25) is 10.0 Å². The van der Waals surface area contributed by atoms with Gasteiger partial charge in [0.1, 0.15) is 0 Å². The van der Waals surface area contributed by atoms with Crippen LogP contribution in [0.4, 0.5) is 0 Å². The molecule has 2 heterocycles. The third kappa shape index (κ3) is 2.99. The Morgan fingerprint density at radius 3 is 2.80 bits per heavy atom. The normalized spacial score (nSPS) is 14.8. The Morgan fingerprint density at radius 2 is 2.00 bits per heavy atom. The second-order valence-corrected chi connectivity index (χ2v) is 7.52. The van der Waals surface area contributed by atoms with E-state index in [1.807, 2.05) is 12.1 Å². The molecule has 0 unspecified atom stereocenters. The second kappa shape index (κ2) is 6.53. The van der Waals surface area contributed by atoms with E-state index in [1.54, 1.807) is 6.07 Å². The van der Waals surface area contributed by atoms with Gasteiger partial charge in [-0.15, -0.1) is 0 Å². The average Bonchev–Trinajstić information content (AvgIpc) is 2.88. The van der Waals surface area contributed by atoms with E-state index in [2.05, 4.69) is 48.1 Å². The number of nitrogens with zero attached hydrogens (tertiary/aromatic N) is 1. The van der Waals surface area contributed by atoms with Gasteiger partial charge in [0.15, 0.2) is 0 Å². The maximum Gasteiger partial charge on any atom is 0.0529 e. The molecule has 1 aliphatic rings. The summed E-state index contributed by atoms with van der Waals surface area (Å²) < 4.78 is 2.32. The van der Waals surface area contributed by atoms with Crippen molar-refractivity contribution < 1.29 is 0 Å². The molecular formula is C21H20Cl2N2. The minimum absolute atomic E-state index is 0.657. The monoisotopic (exact) mass is 370 g/mol. The fourth-order valence-electron chi connectivity index (χ4n) is 3.66. The van der Waals surface area contributed by atoms with Gasteiger partial charge in [-0.1, -0.05) is 40.9 Å². The van der Waals surface area contributed by atoms with E-state index < -0.39 is 0 Å². The van der Waals surface area contributed by atoms with Crippen LogP contribution in [-0.4, -0.2) is 11.1 Å². The molecule has 4 rings (SSSR count). The Kier molecular flexibility index (Phi) is 4.36. The molecule has 0 amide bonds. The molecule has 128 valence electrons. The van der Waals surface area contributed by atoms with Crippen molar-refractivity contribution in [1.29, 1.82) is 0 Å². The first kappa shape index (κ1) is 16.7. The molecule has 0 bridgehead atoms. The van der Waals surface area contributed by atoms with Gasteiger partial charge in [-0.25, -0.2) is 0 Å². The third-order valence-corrected chi connectivity index (χ3v) is 5.45. The molecule has 0 fully saturated rings. The van der Waals surface area contributed by atoms with Crippen molar-refractivity contribution in [3.05, 3.63) is 68.8 Å². The Hall–Kier alpha value is -1.74. The van der Waals surface area contributed by atoms with Crippen LogP contribution in [0.25, 0.3) is 22.7 Å². The van der Waals surface area contributed by atoms with Gasteiger partial charge in [-0.2, -0.15) is 0 Å². The highest BCUT2D eigenvalue weighted by atomic mass is 35.5. The van der Waals surface area contributed by atoms with Crippen LogP contribution in [0, 0.1) is 6.92 Å². The number of halogens is 2. The maximum absolute atomic E-state index is 6.40. The van der Waals surface area contributed by atoms with Crippen molar-refractivity contribution in [1.82, 2.24) is 9.88 Å². The van der Waals surface area contributed by atoms with Crippen molar-refractivity contribution in [2.24, 2.45) is 0 Å². The van der Waals surface area contributed by atoms with Crippen LogP contribution in [0.3, 0.4) is 0 Å². The van der Waals surface area contributed by atoms with Crippen LogP contribution in [0.5, 0.6) is 0 Å². The lowest BCUT2D eigenvalue weighted by molar-refractivity contribution is 0.629. The molecule has 1 N–H and O–H groups in total. The summed E-state index contributed by atoms with van der Waals surface area (Å²) >= 11 is 12.4. The predicted molar refractivity (Wildman–Crippen MR) is 108 cm³/mol. The largest absolute Gasteiger partial charge is 0.318 e. The summed E-state index contributed by atoms with van der Waals surface area (Å²) in [5.41, 5.74) is 7.49. The molecule has 0 saturated heterocycles. The average molecular weight is 371 g/mol. The molecule has 3 aromatic rings. The third-order valence-electron chi connectivity index (χ3n) is 4.90.